The summed E-state index contributed by atoms with van der Waals surface area (Å²) in [4.78, 5) is 4.44. The number of halogens is 1. The van der Waals surface area contributed by atoms with Gasteiger partial charge in [-0.05, 0) is 55.3 Å². The third kappa shape index (κ3) is 2.00. The standard InChI is InChI=1S/C16H12BrN3/c1-10-5-14-16(6-11(10)2)20(9-19-14)15-7-13(17)4-3-12(15)8-18/h3-7,9H,1-2H3. The van der Waals surface area contributed by atoms with E-state index in [0.29, 0.717) is 5.56 Å². The number of rotatable bonds is 1. The van der Waals surface area contributed by atoms with Gasteiger partial charge in [-0.2, -0.15) is 5.26 Å². The van der Waals surface area contributed by atoms with E-state index in [9.17, 15) is 5.26 Å². The van der Waals surface area contributed by atoms with Crippen molar-refractivity contribution in [3.05, 3.63) is 57.8 Å². The fraction of sp³-hybridized carbons (Fsp3) is 0.125. The van der Waals surface area contributed by atoms with Gasteiger partial charge in [-0.3, -0.25) is 4.57 Å². The molecule has 2 aromatic carbocycles. The lowest BCUT2D eigenvalue weighted by molar-refractivity contribution is 1.08. The van der Waals surface area contributed by atoms with Crippen molar-refractivity contribution in [2.24, 2.45) is 0 Å². The van der Waals surface area contributed by atoms with Gasteiger partial charge in [0.2, 0.25) is 0 Å². The van der Waals surface area contributed by atoms with Gasteiger partial charge < -0.3 is 0 Å². The van der Waals surface area contributed by atoms with Crippen molar-refractivity contribution >= 4 is 27.0 Å². The summed E-state index contributed by atoms with van der Waals surface area (Å²) in [5, 5.41) is 9.28. The second kappa shape index (κ2) is 4.77. The largest absolute Gasteiger partial charge is 0.297 e. The normalized spacial score (nSPS) is 10.7. The smallest absolute Gasteiger partial charge is 0.101 e. The molecule has 98 valence electrons. The van der Waals surface area contributed by atoms with Crippen LogP contribution in [0.15, 0.2) is 41.1 Å². The predicted octanol–water partition coefficient (Wildman–Crippen LogP) is 4.28. The molecule has 0 aliphatic carbocycles. The van der Waals surface area contributed by atoms with Crippen LogP contribution < -0.4 is 0 Å². The van der Waals surface area contributed by atoms with Crippen molar-refractivity contribution in [1.82, 2.24) is 9.55 Å². The molecular weight excluding hydrogens is 314 g/mol. The van der Waals surface area contributed by atoms with Gasteiger partial charge in [0, 0.05) is 4.47 Å². The summed E-state index contributed by atoms with van der Waals surface area (Å²) >= 11 is 3.46. The van der Waals surface area contributed by atoms with Crippen LogP contribution in [-0.2, 0) is 0 Å². The molecule has 1 aromatic heterocycles. The molecule has 0 aliphatic rings. The van der Waals surface area contributed by atoms with E-state index in [4.69, 9.17) is 0 Å². The highest BCUT2D eigenvalue weighted by Crippen LogP contribution is 2.25. The van der Waals surface area contributed by atoms with Crippen molar-refractivity contribution in [1.29, 1.82) is 5.26 Å². The van der Waals surface area contributed by atoms with Crippen molar-refractivity contribution in [3.63, 3.8) is 0 Å². The first-order valence-corrected chi connectivity index (χ1v) is 7.04. The molecular formula is C16H12BrN3. The topological polar surface area (TPSA) is 41.6 Å². The molecule has 0 radical (unpaired) electrons. The zero-order valence-corrected chi connectivity index (χ0v) is 12.8. The first kappa shape index (κ1) is 12.9. The van der Waals surface area contributed by atoms with Gasteiger partial charge in [0.15, 0.2) is 0 Å². The number of aromatic nitrogens is 2. The molecule has 0 aliphatic heterocycles. The zero-order valence-electron chi connectivity index (χ0n) is 11.2. The molecule has 3 nitrogen and oxygen atoms in total. The highest BCUT2D eigenvalue weighted by Gasteiger charge is 2.10. The first-order chi connectivity index (χ1) is 9.60. The molecule has 0 spiro atoms. The molecule has 3 rings (SSSR count). The lowest BCUT2D eigenvalue weighted by atomic mass is 10.1. The van der Waals surface area contributed by atoms with Crippen molar-refractivity contribution in [3.8, 4) is 11.8 Å². The Morgan fingerprint density at radius 2 is 1.90 bits per heavy atom. The van der Waals surface area contributed by atoms with Gasteiger partial charge in [-0.15, -0.1) is 0 Å². The minimum atomic E-state index is 0.630. The molecule has 0 atom stereocenters. The van der Waals surface area contributed by atoms with E-state index in [0.717, 1.165) is 21.2 Å². The Morgan fingerprint density at radius 3 is 2.65 bits per heavy atom. The van der Waals surface area contributed by atoms with Gasteiger partial charge in [0.1, 0.15) is 12.4 Å². The summed E-state index contributed by atoms with van der Waals surface area (Å²) in [5.74, 6) is 0. The second-order valence-corrected chi connectivity index (χ2v) is 5.73. The number of hydrogen-bond acceptors (Lipinski definition) is 2. The number of imidazole rings is 1. The molecule has 3 aromatic rings. The van der Waals surface area contributed by atoms with Crippen LogP contribution >= 0.6 is 15.9 Å². The van der Waals surface area contributed by atoms with Gasteiger partial charge in [-0.1, -0.05) is 15.9 Å². The Morgan fingerprint density at radius 1 is 1.15 bits per heavy atom. The number of benzene rings is 2. The molecule has 0 fully saturated rings. The summed E-state index contributed by atoms with van der Waals surface area (Å²) in [7, 11) is 0. The Labute approximate surface area is 125 Å². The van der Waals surface area contributed by atoms with E-state index < -0.39 is 0 Å². The Hall–Kier alpha value is -2.12. The Bertz CT molecular complexity index is 856. The molecule has 20 heavy (non-hydrogen) atoms. The van der Waals surface area contributed by atoms with E-state index in [1.807, 2.05) is 22.8 Å². The second-order valence-electron chi connectivity index (χ2n) is 4.81. The highest BCUT2D eigenvalue weighted by atomic mass is 79.9. The number of nitriles is 1. The van der Waals surface area contributed by atoms with Gasteiger partial charge in [-0.25, -0.2) is 4.98 Å². The van der Waals surface area contributed by atoms with Crippen LogP contribution in [0.2, 0.25) is 0 Å². The summed E-state index contributed by atoms with van der Waals surface area (Å²) in [6.45, 7) is 4.16. The third-order valence-electron chi connectivity index (χ3n) is 3.50. The molecule has 0 unspecified atom stereocenters. The summed E-state index contributed by atoms with van der Waals surface area (Å²) < 4.78 is 2.91. The van der Waals surface area contributed by atoms with Gasteiger partial charge >= 0.3 is 0 Å². The van der Waals surface area contributed by atoms with Gasteiger partial charge in [0.05, 0.1) is 22.3 Å². The van der Waals surface area contributed by atoms with Crippen LogP contribution in [0, 0.1) is 25.2 Å². The van der Waals surface area contributed by atoms with Gasteiger partial charge in [0.25, 0.3) is 0 Å². The van der Waals surface area contributed by atoms with E-state index in [2.05, 4.69) is 53.0 Å². The number of hydrogen-bond donors (Lipinski definition) is 0. The summed E-state index contributed by atoms with van der Waals surface area (Å²) in [6.07, 6.45) is 1.77. The molecule has 4 heteroatoms. The third-order valence-corrected chi connectivity index (χ3v) is 4.00. The lowest BCUT2D eigenvalue weighted by Crippen LogP contribution is -1.96. The average molecular weight is 326 g/mol. The quantitative estimate of drug-likeness (QED) is 0.670. The molecule has 0 amide bonds. The Kier molecular flexibility index (Phi) is 3.07. The Balaban J connectivity index is 2.33. The highest BCUT2D eigenvalue weighted by molar-refractivity contribution is 9.10. The van der Waals surface area contributed by atoms with E-state index >= 15 is 0 Å². The zero-order chi connectivity index (χ0) is 14.3. The molecule has 0 bridgehead atoms. The number of nitrogens with zero attached hydrogens (tertiary/aromatic N) is 3. The van der Waals surface area contributed by atoms with Crippen LogP contribution in [0.1, 0.15) is 16.7 Å². The summed E-state index contributed by atoms with van der Waals surface area (Å²) in [6, 6.07) is 12.0. The minimum Gasteiger partial charge on any atom is -0.297 e. The minimum absolute atomic E-state index is 0.630. The monoisotopic (exact) mass is 325 g/mol. The van der Waals surface area contributed by atoms with E-state index in [1.165, 1.54) is 11.1 Å². The van der Waals surface area contributed by atoms with Crippen molar-refractivity contribution in [2.45, 2.75) is 13.8 Å². The number of fused-ring (bicyclic) bond motifs is 1. The van der Waals surface area contributed by atoms with Crippen molar-refractivity contribution in [2.75, 3.05) is 0 Å². The fourth-order valence-corrected chi connectivity index (χ4v) is 2.60. The van der Waals surface area contributed by atoms with Crippen LogP contribution in [0.3, 0.4) is 0 Å². The molecule has 1 heterocycles. The maximum atomic E-state index is 9.28. The summed E-state index contributed by atoms with van der Waals surface area (Å²) in [5.41, 5.74) is 5.86. The van der Waals surface area contributed by atoms with Crippen LogP contribution in [0.5, 0.6) is 0 Å². The maximum absolute atomic E-state index is 9.28. The maximum Gasteiger partial charge on any atom is 0.101 e. The van der Waals surface area contributed by atoms with Crippen LogP contribution in [0.25, 0.3) is 16.7 Å². The molecule has 0 saturated heterocycles. The van der Waals surface area contributed by atoms with E-state index in [-0.39, 0.29) is 0 Å². The molecule has 0 N–H and O–H groups in total. The number of aryl methyl sites for hydroxylation is 2. The van der Waals surface area contributed by atoms with Crippen molar-refractivity contribution < 1.29 is 0 Å². The lowest BCUT2D eigenvalue weighted by Gasteiger charge is -2.08. The van der Waals surface area contributed by atoms with Crippen LogP contribution in [-0.4, -0.2) is 9.55 Å². The van der Waals surface area contributed by atoms with E-state index in [1.54, 1.807) is 6.33 Å². The molecule has 0 saturated carbocycles. The predicted molar refractivity (Wildman–Crippen MR) is 83.0 cm³/mol. The first-order valence-electron chi connectivity index (χ1n) is 6.24. The SMILES string of the molecule is Cc1cc2ncn(-c3cc(Br)ccc3C#N)c2cc1C. The fourth-order valence-electron chi connectivity index (χ4n) is 2.25. The van der Waals surface area contributed by atoms with Crippen LogP contribution in [0.4, 0.5) is 0 Å². The average Bonchev–Trinajstić information content (AvgIpc) is 2.82.